The standard InChI is InChI=1S/C13H18N4O2/c1-8-10(12(18)19)14-13-16(2)11(15-17(8)13)9-6-4-3-5-7-9/h9H,3-7H2,1-2H3,(H,18,19). The molecule has 0 amide bonds. The summed E-state index contributed by atoms with van der Waals surface area (Å²) in [4.78, 5) is 15.3. The van der Waals surface area contributed by atoms with Crippen LogP contribution in [-0.2, 0) is 7.05 Å². The van der Waals surface area contributed by atoms with E-state index in [1.54, 1.807) is 11.4 Å². The Morgan fingerprint density at radius 1 is 1.32 bits per heavy atom. The monoisotopic (exact) mass is 262 g/mol. The number of nitrogens with zero attached hydrogens (tertiary/aromatic N) is 4. The minimum Gasteiger partial charge on any atom is -0.476 e. The first kappa shape index (κ1) is 12.2. The normalized spacial score (nSPS) is 17.2. The third-order valence-electron chi connectivity index (χ3n) is 4.08. The van der Waals surface area contributed by atoms with Crippen molar-refractivity contribution in [1.29, 1.82) is 0 Å². The molecule has 2 aromatic rings. The quantitative estimate of drug-likeness (QED) is 0.899. The van der Waals surface area contributed by atoms with Gasteiger partial charge in [0.25, 0.3) is 0 Å². The Hall–Kier alpha value is -1.85. The molecular formula is C13H18N4O2. The molecule has 102 valence electrons. The fourth-order valence-electron chi connectivity index (χ4n) is 3.01. The highest BCUT2D eigenvalue weighted by Gasteiger charge is 2.25. The Morgan fingerprint density at radius 2 is 2.00 bits per heavy atom. The molecule has 0 unspecified atom stereocenters. The molecule has 3 rings (SSSR count). The van der Waals surface area contributed by atoms with Crippen molar-refractivity contribution in [2.24, 2.45) is 7.05 Å². The summed E-state index contributed by atoms with van der Waals surface area (Å²) in [5.41, 5.74) is 0.688. The maximum atomic E-state index is 11.1. The van der Waals surface area contributed by atoms with E-state index in [-0.39, 0.29) is 5.69 Å². The molecule has 6 nitrogen and oxygen atoms in total. The highest BCUT2D eigenvalue weighted by Crippen LogP contribution is 2.32. The van der Waals surface area contributed by atoms with Gasteiger partial charge in [0.15, 0.2) is 5.69 Å². The van der Waals surface area contributed by atoms with Gasteiger partial charge in [-0.25, -0.2) is 14.3 Å². The van der Waals surface area contributed by atoms with Gasteiger partial charge in [0, 0.05) is 13.0 Å². The molecular weight excluding hydrogens is 244 g/mol. The third kappa shape index (κ3) is 1.82. The summed E-state index contributed by atoms with van der Waals surface area (Å²) in [7, 11) is 1.92. The number of hydrogen-bond donors (Lipinski definition) is 1. The van der Waals surface area contributed by atoms with Crippen molar-refractivity contribution >= 4 is 11.7 Å². The molecule has 6 heteroatoms. The summed E-state index contributed by atoms with van der Waals surface area (Å²) >= 11 is 0. The number of carbonyl (C=O) groups is 1. The number of hydrogen-bond acceptors (Lipinski definition) is 3. The van der Waals surface area contributed by atoms with Gasteiger partial charge < -0.3 is 5.11 Å². The molecule has 0 atom stereocenters. The zero-order valence-corrected chi connectivity index (χ0v) is 11.3. The third-order valence-corrected chi connectivity index (χ3v) is 4.08. The van der Waals surface area contributed by atoms with Crippen LogP contribution in [0.5, 0.6) is 0 Å². The van der Waals surface area contributed by atoms with Crippen molar-refractivity contribution in [1.82, 2.24) is 19.2 Å². The van der Waals surface area contributed by atoms with Gasteiger partial charge in [-0.3, -0.25) is 4.57 Å². The lowest BCUT2D eigenvalue weighted by molar-refractivity contribution is 0.0690. The van der Waals surface area contributed by atoms with Crippen LogP contribution in [0.2, 0.25) is 0 Å². The SMILES string of the molecule is Cc1c(C(=O)O)nc2n(C)c(C3CCCCC3)nn12. The van der Waals surface area contributed by atoms with Crippen LogP contribution in [0.4, 0.5) is 0 Å². The average molecular weight is 262 g/mol. The average Bonchev–Trinajstić information content (AvgIpc) is 2.90. The Kier molecular flexibility index (Phi) is 2.80. The predicted molar refractivity (Wildman–Crippen MR) is 69.5 cm³/mol. The number of carboxylic acid groups (broad SMARTS) is 1. The molecule has 1 saturated carbocycles. The van der Waals surface area contributed by atoms with Gasteiger partial charge in [0.2, 0.25) is 5.78 Å². The van der Waals surface area contributed by atoms with E-state index in [9.17, 15) is 4.79 Å². The van der Waals surface area contributed by atoms with Crippen molar-refractivity contribution in [3.8, 4) is 0 Å². The topological polar surface area (TPSA) is 72.4 Å². The van der Waals surface area contributed by atoms with Crippen LogP contribution in [0.1, 0.15) is 60.0 Å². The Morgan fingerprint density at radius 3 is 2.58 bits per heavy atom. The largest absolute Gasteiger partial charge is 0.476 e. The van der Waals surface area contributed by atoms with E-state index in [1.165, 1.54) is 32.1 Å². The first-order valence-corrected chi connectivity index (χ1v) is 6.75. The molecule has 1 fully saturated rings. The summed E-state index contributed by atoms with van der Waals surface area (Å²) in [6.45, 7) is 1.75. The van der Waals surface area contributed by atoms with Gasteiger partial charge in [-0.2, -0.15) is 5.10 Å². The highest BCUT2D eigenvalue weighted by molar-refractivity contribution is 5.87. The molecule has 1 aliphatic rings. The number of rotatable bonds is 2. The number of fused-ring (bicyclic) bond motifs is 1. The first-order valence-electron chi connectivity index (χ1n) is 6.75. The smallest absolute Gasteiger partial charge is 0.356 e. The van der Waals surface area contributed by atoms with Crippen molar-refractivity contribution in [2.45, 2.75) is 44.9 Å². The van der Waals surface area contributed by atoms with Gasteiger partial charge in [0.05, 0.1) is 5.69 Å². The van der Waals surface area contributed by atoms with Crippen molar-refractivity contribution < 1.29 is 9.90 Å². The second-order valence-electron chi connectivity index (χ2n) is 5.31. The molecule has 1 N–H and O–H groups in total. The van der Waals surface area contributed by atoms with Crippen molar-refractivity contribution in [3.05, 3.63) is 17.2 Å². The number of aromatic nitrogens is 4. The fourth-order valence-corrected chi connectivity index (χ4v) is 3.01. The predicted octanol–water partition coefficient (Wildman–Crippen LogP) is 2.12. The summed E-state index contributed by atoms with van der Waals surface area (Å²) in [5, 5.41) is 13.7. The van der Waals surface area contributed by atoms with E-state index < -0.39 is 5.97 Å². The lowest BCUT2D eigenvalue weighted by atomic mass is 9.89. The molecule has 0 aromatic carbocycles. The van der Waals surface area contributed by atoms with E-state index in [0.717, 1.165) is 5.82 Å². The number of carboxylic acids is 1. The zero-order chi connectivity index (χ0) is 13.6. The molecule has 2 aromatic heterocycles. The zero-order valence-electron chi connectivity index (χ0n) is 11.3. The van der Waals surface area contributed by atoms with Crippen LogP contribution in [0.3, 0.4) is 0 Å². The number of aryl methyl sites for hydroxylation is 2. The molecule has 19 heavy (non-hydrogen) atoms. The molecule has 0 bridgehead atoms. The van der Waals surface area contributed by atoms with Crippen LogP contribution in [0.15, 0.2) is 0 Å². The summed E-state index contributed by atoms with van der Waals surface area (Å²) in [6, 6.07) is 0. The van der Waals surface area contributed by atoms with Crippen molar-refractivity contribution in [3.63, 3.8) is 0 Å². The molecule has 0 aliphatic heterocycles. The lowest BCUT2D eigenvalue weighted by Crippen LogP contribution is -2.11. The molecule has 1 aliphatic carbocycles. The van der Waals surface area contributed by atoms with Gasteiger partial charge >= 0.3 is 5.97 Å². The van der Waals surface area contributed by atoms with E-state index in [4.69, 9.17) is 5.11 Å². The maximum Gasteiger partial charge on any atom is 0.356 e. The summed E-state index contributed by atoms with van der Waals surface area (Å²) in [6.07, 6.45) is 6.14. The molecule has 0 radical (unpaired) electrons. The van der Waals surface area contributed by atoms with Gasteiger partial charge in [0.1, 0.15) is 5.82 Å². The Bertz CT molecular complexity index is 635. The molecule has 2 heterocycles. The van der Waals surface area contributed by atoms with Crippen molar-refractivity contribution in [2.75, 3.05) is 0 Å². The van der Waals surface area contributed by atoms with Crippen LogP contribution < -0.4 is 0 Å². The number of aromatic carboxylic acids is 1. The van der Waals surface area contributed by atoms with E-state index in [1.807, 2.05) is 11.6 Å². The highest BCUT2D eigenvalue weighted by atomic mass is 16.4. The van der Waals surface area contributed by atoms with Crippen LogP contribution in [0, 0.1) is 6.92 Å². The second-order valence-corrected chi connectivity index (χ2v) is 5.31. The lowest BCUT2D eigenvalue weighted by Gasteiger charge is -2.20. The molecule has 0 spiro atoms. The molecule has 0 saturated heterocycles. The first-order chi connectivity index (χ1) is 9.09. The van der Waals surface area contributed by atoms with Gasteiger partial charge in [-0.1, -0.05) is 19.3 Å². The van der Waals surface area contributed by atoms with Gasteiger partial charge in [-0.05, 0) is 19.8 Å². The van der Waals surface area contributed by atoms with Crippen LogP contribution in [-0.4, -0.2) is 30.2 Å². The second kappa shape index (κ2) is 4.36. The van der Waals surface area contributed by atoms with Crippen LogP contribution in [0.25, 0.3) is 5.78 Å². The number of imidazole rings is 1. The van der Waals surface area contributed by atoms with E-state index in [2.05, 4.69) is 10.1 Å². The van der Waals surface area contributed by atoms with Crippen LogP contribution >= 0.6 is 0 Å². The van der Waals surface area contributed by atoms with E-state index in [0.29, 0.717) is 17.4 Å². The summed E-state index contributed by atoms with van der Waals surface area (Å²) < 4.78 is 3.60. The van der Waals surface area contributed by atoms with Gasteiger partial charge in [-0.15, -0.1) is 0 Å². The maximum absolute atomic E-state index is 11.1. The summed E-state index contributed by atoms with van der Waals surface area (Å²) in [5.74, 6) is 1.13. The minimum atomic E-state index is -0.998. The fraction of sp³-hybridized carbons (Fsp3) is 0.615. The van der Waals surface area contributed by atoms with E-state index >= 15 is 0 Å². The Balaban J connectivity index is 2.08. The minimum absolute atomic E-state index is 0.0910. The Labute approximate surface area is 111 Å².